The highest BCUT2D eigenvalue weighted by atomic mass is 35.5. The molecule has 0 fully saturated rings. The summed E-state index contributed by atoms with van der Waals surface area (Å²) in [6.07, 6.45) is 0. The summed E-state index contributed by atoms with van der Waals surface area (Å²) in [5, 5.41) is 1.80. The molecule has 0 atom stereocenters. The Balaban J connectivity index is 1.86. The summed E-state index contributed by atoms with van der Waals surface area (Å²) >= 11 is 5.94. The normalized spacial score (nSPS) is 10.9. The van der Waals surface area contributed by atoms with E-state index in [4.69, 9.17) is 22.1 Å². The molecule has 2 aromatic carbocycles. The molecule has 102 valence electrons. The third kappa shape index (κ3) is 2.45. The van der Waals surface area contributed by atoms with Crippen LogP contribution >= 0.6 is 11.6 Å². The van der Waals surface area contributed by atoms with Gasteiger partial charge in [0.05, 0.1) is 5.69 Å². The third-order valence-corrected chi connectivity index (χ3v) is 3.58. The first-order valence-electron chi connectivity index (χ1n) is 6.36. The van der Waals surface area contributed by atoms with Gasteiger partial charge in [-0.05, 0) is 42.5 Å². The Labute approximate surface area is 122 Å². The van der Waals surface area contributed by atoms with E-state index in [1.165, 1.54) is 0 Å². The van der Waals surface area contributed by atoms with Gasteiger partial charge >= 0.3 is 0 Å². The quantitative estimate of drug-likeness (QED) is 0.740. The fraction of sp³-hybridized carbons (Fsp3) is 0.125. The molecule has 0 saturated carbocycles. The molecule has 0 aliphatic carbocycles. The number of benzene rings is 2. The van der Waals surface area contributed by atoms with Crippen LogP contribution in [0, 0.1) is 0 Å². The van der Waals surface area contributed by atoms with Gasteiger partial charge in [0.2, 0.25) is 0 Å². The Morgan fingerprint density at radius 2 is 2.00 bits per heavy atom. The van der Waals surface area contributed by atoms with Crippen molar-refractivity contribution in [1.82, 2.24) is 4.57 Å². The Morgan fingerprint density at radius 1 is 1.15 bits per heavy atom. The van der Waals surface area contributed by atoms with E-state index in [1.807, 2.05) is 49.5 Å². The molecule has 0 unspecified atom stereocenters. The number of halogens is 1. The van der Waals surface area contributed by atoms with Gasteiger partial charge in [-0.3, -0.25) is 0 Å². The number of aryl methyl sites for hydroxylation is 1. The van der Waals surface area contributed by atoms with Gasteiger partial charge in [-0.25, -0.2) is 0 Å². The highest BCUT2D eigenvalue weighted by Crippen LogP contribution is 2.23. The van der Waals surface area contributed by atoms with E-state index in [9.17, 15) is 0 Å². The van der Waals surface area contributed by atoms with Gasteiger partial charge < -0.3 is 15.0 Å². The number of aromatic nitrogens is 1. The summed E-state index contributed by atoms with van der Waals surface area (Å²) < 4.78 is 7.89. The topological polar surface area (TPSA) is 40.2 Å². The second-order valence-electron chi connectivity index (χ2n) is 4.76. The molecule has 0 aliphatic rings. The van der Waals surface area contributed by atoms with Crippen LogP contribution in [0.1, 0.15) is 5.69 Å². The summed E-state index contributed by atoms with van der Waals surface area (Å²) in [6, 6.07) is 15.4. The summed E-state index contributed by atoms with van der Waals surface area (Å²) in [7, 11) is 2.02. The van der Waals surface area contributed by atoms with Crippen LogP contribution in [-0.4, -0.2) is 4.57 Å². The fourth-order valence-corrected chi connectivity index (χ4v) is 2.46. The first kappa shape index (κ1) is 12.9. The van der Waals surface area contributed by atoms with E-state index in [0.717, 1.165) is 28.0 Å². The second-order valence-corrected chi connectivity index (χ2v) is 5.20. The SMILES string of the molecule is Cn1c(COc2cccc(Cl)c2)cc2cc(N)ccc21. The molecule has 1 aromatic heterocycles. The molecule has 2 N–H and O–H groups in total. The van der Waals surface area contributed by atoms with E-state index >= 15 is 0 Å². The Bertz CT molecular complexity index is 764. The predicted octanol–water partition coefficient (Wildman–Crippen LogP) is 3.99. The number of nitrogens with two attached hydrogens (primary N) is 1. The van der Waals surface area contributed by atoms with Crippen molar-refractivity contribution in [3.05, 3.63) is 59.2 Å². The molecular formula is C16H15ClN2O. The van der Waals surface area contributed by atoms with E-state index in [-0.39, 0.29) is 0 Å². The van der Waals surface area contributed by atoms with Gasteiger partial charge in [0.25, 0.3) is 0 Å². The number of hydrogen-bond donors (Lipinski definition) is 1. The maximum atomic E-state index is 5.94. The highest BCUT2D eigenvalue weighted by molar-refractivity contribution is 6.30. The number of anilines is 1. The number of nitrogen functional groups attached to an aromatic ring is 1. The zero-order valence-corrected chi connectivity index (χ0v) is 11.9. The zero-order chi connectivity index (χ0) is 14.1. The van der Waals surface area contributed by atoms with Gasteiger partial charge in [-0.1, -0.05) is 17.7 Å². The van der Waals surface area contributed by atoms with Crippen LogP contribution in [0.4, 0.5) is 5.69 Å². The molecule has 3 nitrogen and oxygen atoms in total. The maximum absolute atomic E-state index is 5.94. The lowest BCUT2D eigenvalue weighted by Crippen LogP contribution is -2.01. The van der Waals surface area contributed by atoms with Crippen molar-refractivity contribution < 1.29 is 4.74 Å². The van der Waals surface area contributed by atoms with Gasteiger partial charge in [0.1, 0.15) is 12.4 Å². The van der Waals surface area contributed by atoms with Gasteiger partial charge in [-0.2, -0.15) is 0 Å². The Morgan fingerprint density at radius 3 is 2.80 bits per heavy atom. The Hall–Kier alpha value is -2.13. The molecule has 0 aliphatic heterocycles. The van der Waals surface area contributed by atoms with Crippen LogP contribution in [0.15, 0.2) is 48.5 Å². The summed E-state index contributed by atoms with van der Waals surface area (Å²) in [5.74, 6) is 0.766. The lowest BCUT2D eigenvalue weighted by Gasteiger charge is -2.07. The van der Waals surface area contributed by atoms with Crippen molar-refractivity contribution >= 4 is 28.2 Å². The third-order valence-electron chi connectivity index (χ3n) is 3.35. The van der Waals surface area contributed by atoms with E-state index in [0.29, 0.717) is 11.6 Å². The summed E-state index contributed by atoms with van der Waals surface area (Å²) in [6.45, 7) is 0.491. The van der Waals surface area contributed by atoms with Crippen LogP contribution in [0.2, 0.25) is 5.02 Å². The molecule has 0 bridgehead atoms. The number of rotatable bonds is 3. The molecule has 3 aromatic rings. The van der Waals surface area contributed by atoms with Gasteiger partial charge in [0.15, 0.2) is 0 Å². The van der Waals surface area contributed by atoms with Crippen molar-refractivity contribution in [2.45, 2.75) is 6.61 Å². The molecule has 0 radical (unpaired) electrons. The zero-order valence-electron chi connectivity index (χ0n) is 11.1. The summed E-state index contributed by atoms with van der Waals surface area (Å²) in [4.78, 5) is 0. The molecule has 3 rings (SSSR count). The maximum Gasteiger partial charge on any atom is 0.128 e. The smallest absolute Gasteiger partial charge is 0.128 e. The highest BCUT2D eigenvalue weighted by Gasteiger charge is 2.06. The van der Waals surface area contributed by atoms with Crippen molar-refractivity contribution in [1.29, 1.82) is 0 Å². The van der Waals surface area contributed by atoms with Gasteiger partial charge in [0, 0.05) is 28.7 Å². The van der Waals surface area contributed by atoms with E-state index < -0.39 is 0 Å². The Kier molecular flexibility index (Phi) is 3.28. The van der Waals surface area contributed by atoms with Crippen molar-refractivity contribution in [2.24, 2.45) is 7.05 Å². The minimum absolute atomic E-state index is 0.491. The van der Waals surface area contributed by atoms with Crippen LogP contribution < -0.4 is 10.5 Å². The largest absolute Gasteiger partial charge is 0.487 e. The predicted molar refractivity (Wildman–Crippen MR) is 83.1 cm³/mol. The number of fused-ring (bicyclic) bond motifs is 1. The van der Waals surface area contributed by atoms with Crippen LogP contribution in [-0.2, 0) is 13.7 Å². The second kappa shape index (κ2) is 5.10. The lowest BCUT2D eigenvalue weighted by atomic mass is 10.2. The van der Waals surface area contributed by atoms with Crippen LogP contribution in [0.3, 0.4) is 0 Å². The molecular weight excluding hydrogens is 272 g/mol. The number of nitrogens with zero attached hydrogens (tertiary/aromatic N) is 1. The first-order chi connectivity index (χ1) is 9.63. The molecule has 1 heterocycles. The first-order valence-corrected chi connectivity index (χ1v) is 6.73. The fourth-order valence-electron chi connectivity index (χ4n) is 2.28. The van der Waals surface area contributed by atoms with Crippen molar-refractivity contribution in [3.8, 4) is 5.75 Å². The molecule has 20 heavy (non-hydrogen) atoms. The molecule has 0 saturated heterocycles. The van der Waals surface area contributed by atoms with Gasteiger partial charge in [-0.15, -0.1) is 0 Å². The minimum atomic E-state index is 0.491. The molecule has 4 heteroatoms. The monoisotopic (exact) mass is 286 g/mol. The van der Waals surface area contributed by atoms with Crippen LogP contribution in [0.5, 0.6) is 5.75 Å². The molecule has 0 amide bonds. The lowest BCUT2D eigenvalue weighted by molar-refractivity contribution is 0.298. The molecule has 0 spiro atoms. The van der Waals surface area contributed by atoms with E-state index in [1.54, 1.807) is 0 Å². The van der Waals surface area contributed by atoms with Crippen LogP contribution in [0.25, 0.3) is 10.9 Å². The average Bonchev–Trinajstić information content (AvgIpc) is 2.72. The average molecular weight is 287 g/mol. The summed E-state index contributed by atoms with van der Waals surface area (Å²) in [5.41, 5.74) is 8.81. The standard InChI is InChI=1S/C16H15ClN2O/c1-19-14(8-11-7-13(18)5-6-16(11)19)10-20-15-4-2-3-12(17)9-15/h2-9H,10,18H2,1H3. The van der Waals surface area contributed by atoms with E-state index in [2.05, 4.69) is 10.6 Å². The number of hydrogen-bond acceptors (Lipinski definition) is 2. The van der Waals surface area contributed by atoms with Crippen molar-refractivity contribution in [2.75, 3.05) is 5.73 Å². The minimum Gasteiger partial charge on any atom is -0.487 e. The number of ether oxygens (including phenoxy) is 1. The van der Waals surface area contributed by atoms with Crippen molar-refractivity contribution in [3.63, 3.8) is 0 Å².